The molecule has 10 heavy (non-hydrogen) atoms. The normalized spacial score (nSPS) is 4.00. The maximum atomic E-state index is 9.25. The van der Waals surface area contributed by atoms with E-state index in [0.717, 1.165) is 6.08 Å². The molecule has 0 atom stereocenters. The summed E-state index contributed by atoms with van der Waals surface area (Å²) in [5.74, 6) is -0.981. The van der Waals surface area contributed by atoms with Gasteiger partial charge in [0.25, 0.3) is 0 Å². The third-order valence-electron chi connectivity index (χ3n) is 0.175. The first-order chi connectivity index (χ1) is 3.68. The van der Waals surface area contributed by atoms with Crippen molar-refractivity contribution in [2.24, 2.45) is 0 Å². The number of hydrogen-bond donors (Lipinski definition) is 1. The van der Waals surface area contributed by atoms with Crippen molar-refractivity contribution in [3.63, 3.8) is 0 Å². The van der Waals surface area contributed by atoms with Gasteiger partial charge in [-0.2, -0.15) is 0 Å². The molecule has 0 saturated heterocycles. The van der Waals surface area contributed by atoms with Gasteiger partial charge in [0.2, 0.25) is 0 Å². The molecular weight excluding hydrogens is 139 g/mol. The summed E-state index contributed by atoms with van der Waals surface area (Å²) in [5, 5.41) is 7.60. The molecule has 0 aromatic heterocycles. The standard InChI is InChI=1S/C3H4O2.C3H4.CH3.Na/c1-2-3(4)5;1-3-2;;/h2H,1H2,(H,4,5);1-2H2;1H3;/q;;-1;+1. The Morgan fingerprint density at radius 3 is 1.60 bits per heavy atom. The molecule has 0 radical (unpaired) electrons. The van der Waals surface area contributed by atoms with Gasteiger partial charge in [0.05, 0.1) is 0 Å². The Hall–Kier alpha value is -0.270. The van der Waals surface area contributed by atoms with E-state index in [9.17, 15) is 4.79 Å². The van der Waals surface area contributed by atoms with Gasteiger partial charge >= 0.3 is 35.5 Å². The van der Waals surface area contributed by atoms with Gasteiger partial charge in [0.15, 0.2) is 0 Å². The number of rotatable bonds is 1. The van der Waals surface area contributed by atoms with Crippen LogP contribution in [0.1, 0.15) is 0 Å². The van der Waals surface area contributed by atoms with E-state index in [2.05, 4.69) is 25.5 Å². The molecule has 0 aliphatic carbocycles. The van der Waals surface area contributed by atoms with Crippen molar-refractivity contribution >= 4 is 5.97 Å². The summed E-state index contributed by atoms with van der Waals surface area (Å²) in [6.45, 7) is 9.21. The molecule has 0 fully saturated rings. The Kier molecular flexibility index (Phi) is 52.7. The van der Waals surface area contributed by atoms with Crippen LogP contribution in [0.3, 0.4) is 0 Å². The summed E-state index contributed by atoms with van der Waals surface area (Å²) in [7, 11) is 0. The molecule has 2 nitrogen and oxygen atoms in total. The van der Waals surface area contributed by atoms with E-state index < -0.39 is 5.97 Å². The zero-order valence-electron chi connectivity index (χ0n) is 6.55. The Bertz CT molecular complexity index is 113. The van der Waals surface area contributed by atoms with Gasteiger partial charge in [-0.1, -0.05) is 19.7 Å². The van der Waals surface area contributed by atoms with Gasteiger partial charge < -0.3 is 12.5 Å². The molecule has 0 aromatic rings. The Morgan fingerprint density at radius 1 is 1.50 bits per heavy atom. The van der Waals surface area contributed by atoms with Crippen LogP contribution in [0.25, 0.3) is 0 Å². The maximum absolute atomic E-state index is 9.25. The number of carboxylic acid groups (broad SMARTS) is 1. The molecule has 0 saturated carbocycles. The van der Waals surface area contributed by atoms with E-state index in [0.29, 0.717) is 0 Å². The first-order valence-electron chi connectivity index (χ1n) is 1.83. The van der Waals surface area contributed by atoms with Crippen molar-refractivity contribution in [1.29, 1.82) is 0 Å². The van der Waals surface area contributed by atoms with Gasteiger partial charge in [-0.3, -0.25) is 0 Å². The fraction of sp³-hybridized carbons (Fsp3) is 0. The largest absolute Gasteiger partial charge is 1.00 e. The zero-order chi connectivity index (χ0) is 6.99. The molecule has 1 N–H and O–H groups in total. The molecule has 0 unspecified atom stereocenters. The number of hydrogen-bond acceptors (Lipinski definition) is 1. The first-order valence-corrected chi connectivity index (χ1v) is 1.83. The average Bonchev–Trinajstić information content (AvgIpc) is 1.69. The van der Waals surface area contributed by atoms with Crippen LogP contribution in [0.15, 0.2) is 31.5 Å². The van der Waals surface area contributed by atoms with Gasteiger partial charge in [-0.15, -0.1) is 5.73 Å². The SMILES string of the molecule is C=C=C.C=CC(=O)O.[CH3-].[Na+]. The maximum Gasteiger partial charge on any atom is 1.00 e. The monoisotopic (exact) mass is 150 g/mol. The molecule has 0 bridgehead atoms. The van der Waals surface area contributed by atoms with E-state index >= 15 is 0 Å². The fourth-order valence-electron chi connectivity index (χ4n) is 0. The molecule has 0 aliphatic heterocycles. The predicted molar refractivity (Wildman–Crippen MR) is 39.0 cm³/mol. The Balaban J connectivity index is -0.0000000326. The van der Waals surface area contributed by atoms with Gasteiger partial charge in [-0.25, -0.2) is 4.79 Å². The third kappa shape index (κ3) is 117. The van der Waals surface area contributed by atoms with Crippen molar-refractivity contribution in [3.05, 3.63) is 39.0 Å². The van der Waals surface area contributed by atoms with Gasteiger partial charge in [0, 0.05) is 6.08 Å². The van der Waals surface area contributed by atoms with Gasteiger partial charge in [-0.05, 0) is 0 Å². The van der Waals surface area contributed by atoms with Crippen LogP contribution in [0.2, 0.25) is 0 Å². The molecule has 0 aromatic carbocycles. The summed E-state index contributed by atoms with van der Waals surface area (Å²) in [6, 6.07) is 0. The number of aliphatic carboxylic acids is 1. The quantitative estimate of drug-likeness (QED) is 0.217. The minimum Gasteiger partial charge on any atom is -0.478 e. The van der Waals surface area contributed by atoms with E-state index in [1.807, 2.05) is 0 Å². The summed E-state index contributed by atoms with van der Waals surface area (Å²) < 4.78 is 0. The average molecular weight is 150 g/mol. The van der Waals surface area contributed by atoms with E-state index in [4.69, 9.17) is 5.11 Å². The van der Waals surface area contributed by atoms with Crippen LogP contribution in [-0.2, 0) is 4.79 Å². The van der Waals surface area contributed by atoms with Crippen LogP contribution in [0, 0.1) is 7.43 Å². The van der Waals surface area contributed by atoms with Crippen molar-refractivity contribution < 1.29 is 39.5 Å². The van der Waals surface area contributed by atoms with E-state index in [1.54, 1.807) is 0 Å². The molecule has 0 rings (SSSR count). The minimum atomic E-state index is -0.981. The van der Waals surface area contributed by atoms with Crippen LogP contribution in [0.4, 0.5) is 0 Å². The van der Waals surface area contributed by atoms with Crippen molar-refractivity contribution in [2.45, 2.75) is 0 Å². The fourth-order valence-corrected chi connectivity index (χ4v) is 0. The van der Waals surface area contributed by atoms with E-state index in [1.165, 1.54) is 0 Å². The van der Waals surface area contributed by atoms with E-state index in [-0.39, 0.29) is 37.0 Å². The molecule has 0 heterocycles. The van der Waals surface area contributed by atoms with Crippen LogP contribution in [0.5, 0.6) is 0 Å². The number of carbonyl (C=O) groups is 1. The topological polar surface area (TPSA) is 37.3 Å². The molecule has 0 spiro atoms. The first kappa shape index (κ1) is 22.6. The minimum absolute atomic E-state index is 0. The third-order valence-corrected chi connectivity index (χ3v) is 0.175. The Morgan fingerprint density at radius 2 is 1.60 bits per heavy atom. The predicted octanol–water partition coefficient (Wildman–Crippen LogP) is -1.33. The second-order valence-corrected chi connectivity index (χ2v) is 0.792. The van der Waals surface area contributed by atoms with Gasteiger partial charge in [0.1, 0.15) is 0 Å². The Labute approximate surface area is 84.2 Å². The smallest absolute Gasteiger partial charge is 0.478 e. The summed E-state index contributed by atoms with van der Waals surface area (Å²) >= 11 is 0. The number of carboxylic acids is 1. The summed E-state index contributed by atoms with van der Waals surface area (Å²) in [6.07, 6.45) is 0.833. The molecule has 3 heteroatoms. The zero-order valence-corrected chi connectivity index (χ0v) is 8.55. The van der Waals surface area contributed by atoms with Crippen LogP contribution in [-0.4, -0.2) is 11.1 Å². The summed E-state index contributed by atoms with van der Waals surface area (Å²) in [5.41, 5.74) is 2.25. The van der Waals surface area contributed by atoms with Crippen LogP contribution >= 0.6 is 0 Å². The molecule has 52 valence electrons. The molecule has 0 amide bonds. The molecular formula is C7H11NaO2. The van der Waals surface area contributed by atoms with Crippen molar-refractivity contribution in [3.8, 4) is 0 Å². The second-order valence-electron chi connectivity index (χ2n) is 0.792. The summed E-state index contributed by atoms with van der Waals surface area (Å²) in [4.78, 5) is 9.25. The second kappa shape index (κ2) is 23.3. The van der Waals surface area contributed by atoms with Crippen LogP contribution < -0.4 is 29.6 Å². The van der Waals surface area contributed by atoms with Crippen molar-refractivity contribution in [2.75, 3.05) is 0 Å². The van der Waals surface area contributed by atoms with Crippen molar-refractivity contribution in [1.82, 2.24) is 0 Å². The molecule has 0 aliphatic rings.